The molecular formula is C24H26N2O5S2. The average Bonchev–Trinajstić information content (AvgIpc) is 2.80. The van der Waals surface area contributed by atoms with Gasteiger partial charge in [-0.2, -0.15) is 0 Å². The van der Waals surface area contributed by atoms with Gasteiger partial charge in [0.05, 0.1) is 19.5 Å². The highest BCUT2D eigenvalue weighted by Gasteiger charge is 2.21. The Balaban J connectivity index is 1.72. The van der Waals surface area contributed by atoms with E-state index in [1.165, 1.54) is 31.0 Å². The Hall–Kier alpha value is -3.17. The highest BCUT2D eigenvalue weighted by atomic mass is 32.2. The molecule has 9 heteroatoms. The molecule has 7 nitrogen and oxygen atoms in total. The van der Waals surface area contributed by atoms with Gasteiger partial charge in [0.25, 0.3) is 10.0 Å². The van der Waals surface area contributed by atoms with Crippen molar-refractivity contribution in [3.63, 3.8) is 0 Å². The molecule has 0 spiro atoms. The fourth-order valence-electron chi connectivity index (χ4n) is 2.94. The molecule has 0 heterocycles. The number of hydrogen-bond donors (Lipinski definition) is 2. The Bertz CT molecular complexity index is 1190. The van der Waals surface area contributed by atoms with Crippen molar-refractivity contribution in [2.24, 2.45) is 0 Å². The van der Waals surface area contributed by atoms with E-state index in [-0.39, 0.29) is 22.3 Å². The normalized spacial score (nSPS) is 11.0. The molecule has 0 radical (unpaired) electrons. The van der Waals surface area contributed by atoms with Crippen LogP contribution in [-0.2, 0) is 14.8 Å². The summed E-state index contributed by atoms with van der Waals surface area (Å²) in [4.78, 5) is 13.3. The number of nitrogens with one attached hydrogen (secondary N) is 2. The van der Waals surface area contributed by atoms with Crippen LogP contribution < -0.4 is 19.5 Å². The van der Waals surface area contributed by atoms with Gasteiger partial charge in [0.15, 0.2) is 0 Å². The van der Waals surface area contributed by atoms with Gasteiger partial charge in [0, 0.05) is 16.3 Å². The van der Waals surface area contributed by atoms with Crippen molar-refractivity contribution in [1.82, 2.24) is 0 Å². The van der Waals surface area contributed by atoms with Crippen molar-refractivity contribution in [3.05, 3.63) is 72.3 Å². The Labute approximate surface area is 198 Å². The van der Waals surface area contributed by atoms with Crippen LogP contribution in [0.3, 0.4) is 0 Å². The number of anilines is 2. The van der Waals surface area contributed by atoms with E-state index in [1.807, 2.05) is 38.1 Å². The first-order chi connectivity index (χ1) is 15.8. The maximum atomic E-state index is 13.0. The summed E-state index contributed by atoms with van der Waals surface area (Å²) in [5.74, 6) is 0.766. The van der Waals surface area contributed by atoms with Crippen molar-refractivity contribution >= 4 is 39.1 Å². The summed E-state index contributed by atoms with van der Waals surface area (Å²) in [6, 6.07) is 19.0. The van der Waals surface area contributed by atoms with E-state index in [0.717, 1.165) is 10.5 Å². The molecule has 33 heavy (non-hydrogen) atoms. The minimum absolute atomic E-state index is 0.0807. The van der Waals surface area contributed by atoms with Crippen molar-refractivity contribution < 1.29 is 22.7 Å². The number of hydrogen-bond acceptors (Lipinski definition) is 6. The van der Waals surface area contributed by atoms with Crippen molar-refractivity contribution in [3.8, 4) is 11.5 Å². The molecule has 0 aliphatic carbocycles. The van der Waals surface area contributed by atoms with E-state index >= 15 is 0 Å². The number of rotatable bonds is 10. The van der Waals surface area contributed by atoms with Crippen LogP contribution in [0.15, 0.2) is 76.5 Å². The van der Waals surface area contributed by atoms with Gasteiger partial charge in [-0.25, -0.2) is 8.42 Å². The molecule has 0 saturated carbocycles. The molecule has 0 saturated heterocycles. The quantitative estimate of drug-likeness (QED) is 0.395. The van der Waals surface area contributed by atoms with Crippen LogP contribution in [0.5, 0.6) is 11.5 Å². The molecule has 0 unspecified atom stereocenters. The third-order valence-corrected chi connectivity index (χ3v) is 6.96. The molecule has 0 aromatic heterocycles. The second-order valence-corrected chi connectivity index (χ2v) is 9.78. The van der Waals surface area contributed by atoms with Crippen LogP contribution >= 0.6 is 11.8 Å². The molecule has 0 atom stereocenters. The lowest BCUT2D eigenvalue weighted by molar-refractivity contribution is -0.113. The molecule has 0 aliphatic heterocycles. The zero-order valence-electron chi connectivity index (χ0n) is 18.6. The Morgan fingerprint density at radius 2 is 1.64 bits per heavy atom. The summed E-state index contributed by atoms with van der Waals surface area (Å²) < 4.78 is 39.2. The van der Waals surface area contributed by atoms with Gasteiger partial charge in [0.1, 0.15) is 16.4 Å². The first-order valence-electron chi connectivity index (χ1n) is 10.2. The SMILES string of the molecule is CCOc1ccc(NS(=O)(=O)c2cc(NC(=O)CSc3ccc(C)cc3)ccc2OC)cc1. The Morgan fingerprint density at radius 3 is 2.27 bits per heavy atom. The van der Waals surface area contributed by atoms with Gasteiger partial charge in [-0.1, -0.05) is 17.7 Å². The van der Waals surface area contributed by atoms with Crippen molar-refractivity contribution in [2.75, 3.05) is 29.5 Å². The predicted octanol–water partition coefficient (Wildman–Crippen LogP) is 4.93. The summed E-state index contributed by atoms with van der Waals surface area (Å²) >= 11 is 1.40. The zero-order valence-corrected chi connectivity index (χ0v) is 20.3. The van der Waals surface area contributed by atoms with Crippen LogP contribution in [0.2, 0.25) is 0 Å². The molecule has 1 amide bonds. The third kappa shape index (κ3) is 6.90. The number of carbonyl (C=O) groups excluding carboxylic acids is 1. The lowest BCUT2D eigenvalue weighted by Crippen LogP contribution is -2.17. The summed E-state index contributed by atoms with van der Waals surface area (Å²) in [6.45, 7) is 4.39. The smallest absolute Gasteiger partial charge is 0.265 e. The van der Waals surface area contributed by atoms with Gasteiger partial charge < -0.3 is 14.8 Å². The first kappa shape index (κ1) is 24.5. The highest BCUT2D eigenvalue weighted by molar-refractivity contribution is 8.00. The maximum Gasteiger partial charge on any atom is 0.265 e. The minimum Gasteiger partial charge on any atom is -0.495 e. The summed E-state index contributed by atoms with van der Waals surface area (Å²) in [5, 5.41) is 2.75. The van der Waals surface area contributed by atoms with Crippen LogP contribution in [0.25, 0.3) is 0 Å². The fourth-order valence-corrected chi connectivity index (χ4v) is 4.89. The van der Waals surface area contributed by atoms with E-state index < -0.39 is 10.0 Å². The van der Waals surface area contributed by atoms with Crippen LogP contribution in [-0.4, -0.2) is 33.8 Å². The number of aryl methyl sites for hydroxylation is 1. The summed E-state index contributed by atoms with van der Waals surface area (Å²) in [7, 11) is -2.58. The molecule has 174 valence electrons. The van der Waals surface area contributed by atoms with Crippen LogP contribution in [0, 0.1) is 6.92 Å². The third-order valence-electron chi connectivity index (χ3n) is 4.55. The number of amides is 1. The first-order valence-corrected chi connectivity index (χ1v) is 12.7. The second-order valence-electron chi connectivity index (χ2n) is 7.08. The monoisotopic (exact) mass is 486 g/mol. The van der Waals surface area contributed by atoms with E-state index in [0.29, 0.717) is 23.7 Å². The maximum absolute atomic E-state index is 13.0. The Kier molecular flexibility index (Phi) is 8.24. The Morgan fingerprint density at radius 1 is 0.970 bits per heavy atom. The molecule has 0 fully saturated rings. The van der Waals surface area contributed by atoms with E-state index in [2.05, 4.69) is 10.0 Å². The largest absolute Gasteiger partial charge is 0.495 e. The van der Waals surface area contributed by atoms with E-state index in [1.54, 1.807) is 30.3 Å². The molecule has 0 bridgehead atoms. The number of methoxy groups -OCH3 is 1. The van der Waals surface area contributed by atoms with Crippen molar-refractivity contribution in [1.29, 1.82) is 0 Å². The molecule has 0 aliphatic rings. The number of benzene rings is 3. The molecule has 2 N–H and O–H groups in total. The predicted molar refractivity (Wildman–Crippen MR) is 132 cm³/mol. The van der Waals surface area contributed by atoms with Gasteiger partial charge >= 0.3 is 0 Å². The minimum atomic E-state index is -3.97. The second kappa shape index (κ2) is 11.1. The lowest BCUT2D eigenvalue weighted by atomic mass is 10.2. The summed E-state index contributed by atoms with van der Waals surface area (Å²) in [6.07, 6.45) is 0. The van der Waals surface area contributed by atoms with Crippen molar-refractivity contribution in [2.45, 2.75) is 23.6 Å². The van der Waals surface area contributed by atoms with Gasteiger partial charge in [-0.15, -0.1) is 11.8 Å². The van der Waals surface area contributed by atoms with Gasteiger partial charge in [0.2, 0.25) is 5.91 Å². The molecular weight excluding hydrogens is 460 g/mol. The van der Waals surface area contributed by atoms with Crippen LogP contribution in [0.4, 0.5) is 11.4 Å². The molecule has 3 aromatic carbocycles. The van der Waals surface area contributed by atoms with Crippen LogP contribution in [0.1, 0.15) is 12.5 Å². The lowest BCUT2D eigenvalue weighted by Gasteiger charge is -2.14. The highest BCUT2D eigenvalue weighted by Crippen LogP contribution is 2.29. The number of carbonyl (C=O) groups is 1. The molecule has 3 rings (SSSR count). The number of thioether (sulfide) groups is 1. The van der Waals surface area contributed by atoms with Gasteiger partial charge in [-0.05, 0) is 68.4 Å². The topological polar surface area (TPSA) is 93.7 Å². The van der Waals surface area contributed by atoms with Gasteiger partial charge in [-0.3, -0.25) is 9.52 Å². The fraction of sp³-hybridized carbons (Fsp3) is 0.208. The average molecular weight is 487 g/mol. The zero-order chi connectivity index (χ0) is 23.8. The number of ether oxygens (including phenoxy) is 2. The summed E-state index contributed by atoms with van der Waals surface area (Å²) in [5.41, 5.74) is 1.89. The number of sulfonamides is 1. The van der Waals surface area contributed by atoms with E-state index in [4.69, 9.17) is 9.47 Å². The molecule has 3 aromatic rings. The standard InChI is InChI=1S/C24H26N2O5S2/c1-4-31-20-10-7-18(8-11-20)26-33(28,29)23-15-19(9-14-22(23)30-3)25-24(27)16-32-21-12-5-17(2)6-13-21/h5-15,26H,4,16H2,1-3H3,(H,25,27). The van der Waals surface area contributed by atoms with E-state index in [9.17, 15) is 13.2 Å².